The lowest BCUT2D eigenvalue weighted by Gasteiger charge is -2.35. The van der Waals surface area contributed by atoms with Crippen LogP contribution in [0.4, 0.5) is 0 Å². The lowest BCUT2D eigenvalue weighted by Crippen LogP contribution is -2.47. The molecule has 0 rings (SSSR count). The number of hydrogen-bond donors (Lipinski definition) is 1. The first kappa shape index (κ1) is 22.3. The zero-order valence-electron chi connectivity index (χ0n) is 15.4. The third-order valence-electron chi connectivity index (χ3n) is 4.05. The van der Waals surface area contributed by atoms with E-state index in [1.165, 1.54) is 6.92 Å². The molecule has 1 N–H and O–H groups in total. The van der Waals surface area contributed by atoms with Gasteiger partial charge in [-0.15, -0.1) is 0 Å². The van der Waals surface area contributed by atoms with Gasteiger partial charge in [0.15, 0.2) is 4.75 Å². The molecule has 0 saturated carbocycles. The fourth-order valence-corrected chi connectivity index (χ4v) is 2.98. The maximum absolute atomic E-state index is 12.2. The highest BCUT2D eigenvalue weighted by atomic mass is 32.2. The summed E-state index contributed by atoms with van der Waals surface area (Å²) < 4.78 is 35.9. The van der Waals surface area contributed by atoms with Gasteiger partial charge in [0.05, 0.1) is 0 Å². The van der Waals surface area contributed by atoms with Crippen molar-refractivity contribution in [2.75, 3.05) is 19.7 Å². The Kier molecular flexibility index (Phi) is 8.73. The predicted molar refractivity (Wildman–Crippen MR) is 92.1 cm³/mol. The number of nitrogens with zero attached hydrogens (tertiary/aromatic N) is 1. The number of esters is 1. The van der Waals surface area contributed by atoms with E-state index in [4.69, 9.17) is 4.74 Å². The smallest absolute Gasteiger partial charge is 0.329 e. The lowest BCUT2D eigenvalue weighted by atomic mass is 10.0. The van der Waals surface area contributed by atoms with Crippen LogP contribution >= 0.6 is 0 Å². The Labute approximate surface area is 141 Å². The molecular formula is C16H33NO5S. The molecule has 0 heterocycles. The molecule has 0 aliphatic carbocycles. The molecule has 6 nitrogen and oxygen atoms in total. The highest BCUT2D eigenvalue weighted by molar-refractivity contribution is 7.88. The van der Waals surface area contributed by atoms with E-state index in [-0.39, 0.29) is 18.6 Å². The first-order valence-corrected chi connectivity index (χ1v) is 9.73. The molecule has 0 saturated heterocycles. The summed E-state index contributed by atoms with van der Waals surface area (Å²) in [6.45, 7) is 12.9. The SMILES string of the molecule is CCCCC(C)(C(=O)OCCN(CCC)C(C)(C)C)S(=O)(=O)O. The maximum atomic E-state index is 12.2. The topological polar surface area (TPSA) is 83.9 Å². The van der Waals surface area contributed by atoms with Crippen LogP contribution in [-0.4, -0.2) is 53.8 Å². The van der Waals surface area contributed by atoms with Gasteiger partial charge in [0.25, 0.3) is 10.1 Å². The van der Waals surface area contributed by atoms with Crippen molar-refractivity contribution in [1.29, 1.82) is 0 Å². The van der Waals surface area contributed by atoms with Crippen LogP contribution < -0.4 is 0 Å². The minimum absolute atomic E-state index is 0.0547. The largest absolute Gasteiger partial charge is 0.463 e. The van der Waals surface area contributed by atoms with E-state index in [1.807, 2.05) is 6.92 Å². The van der Waals surface area contributed by atoms with Crippen LogP contribution in [0.5, 0.6) is 0 Å². The molecule has 7 heteroatoms. The average molecular weight is 352 g/mol. The van der Waals surface area contributed by atoms with E-state index in [0.717, 1.165) is 19.4 Å². The Bertz CT molecular complexity index is 469. The fraction of sp³-hybridized carbons (Fsp3) is 0.938. The van der Waals surface area contributed by atoms with Crippen molar-refractivity contribution in [2.24, 2.45) is 0 Å². The average Bonchev–Trinajstić information content (AvgIpc) is 2.41. The summed E-state index contributed by atoms with van der Waals surface area (Å²) >= 11 is 0. The molecule has 1 atom stereocenters. The molecule has 1 unspecified atom stereocenters. The summed E-state index contributed by atoms with van der Waals surface area (Å²) in [6.07, 6.45) is 2.28. The molecule has 138 valence electrons. The summed E-state index contributed by atoms with van der Waals surface area (Å²) in [5.74, 6) is -0.876. The van der Waals surface area contributed by atoms with E-state index in [2.05, 4.69) is 32.6 Å². The standard InChI is InChI=1S/C16H33NO5S/c1-7-9-10-16(6,23(19,20)21)14(18)22-13-12-17(11-8-2)15(3,4)5/h7-13H2,1-6H3,(H,19,20,21). The van der Waals surface area contributed by atoms with Gasteiger partial charge in [0, 0.05) is 12.1 Å². The molecule has 0 radical (unpaired) electrons. The first-order valence-electron chi connectivity index (χ1n) is 8.29. The quantitative estimate of drug-likeness (QED) is 0.481. The molecule has 0 aliphatic heterocycles. The second-order valence-electron chi connectivity index (χ2n) is 7.10. The summed E-state index contributed by atoms with van der Waals surface area (Å²) in [5, 5.41) is 0. The molecular weight excluding hydrogens is 318 g/mol. The molecule has 0 aliphatic rings. The van der Waals surface area contributed by atoms with Crippen LogP contribution in [0.25, 0.3) is 0 Å². The van der Waals surface area contributed by atoms with Gasteiger partial charge < -0.3 is 4.74 Å². The van der Waals surface area contributed by atoms with Gasteiger partial charge in [0.2, 0.25) is 0 Å². The predicted octanol–water partition coefficient (Wildman–Crippen LogP) is 2.88. The van der Waals surface area contributed by atoms with Gasteiger partial charge in [-0.1, -0.05) is 26.7 Å². The normalized spacial score (nSPS) is 15.5. The minimum atomic E-state index is -4.51. The van der Waals surface area contributed by atoms with E-state index < -0.39 is 20.8 Å². The van der Waals surface area contributed by atoms with Gasteiger partial charge in [-0.3, -0.25) is 14.2 Å². The molecule has 0 amide bonds. The van der Waals surface area contributed by atoms with Crippen molar-refractivity contribution < 1.29 is 22.5 Å². The van der Waals surface area contributed by atoms with Crippen LogP contribution in [0.3, 0.4) is 0 Å². The van der Waals surface area contributed by atoms with E-state index in [1.54, 1.807) is 0 Å². The van der Waals surface area contributed by atoms with Gasteiger partial charge in [-0.2, -0.15) is 8.42 Å². The van der Waals surface area contributed by atoms with Crippen molar-refractivity contribution in [3.8, 4) is 0 Å². The number of carbonyl (C=O) groups excluding carboxylic acids is 1. The Morgan fingerprint density at radius 3 is 2.04 bits per heavy atom. The van der Waals surface area contributed by atoms with Crippen LogP contribution in [0.2, 0.25) is 0 Å². The molecule has 0 spiro atoms. The number of hydrogen-bond acceptors (Lipinski definition) is 5. The lowest BCUT2D eigenvalue weighted by molar-refractivity contribution is -0.147. The van der Waals surface area contributed by atoms with E-state index in [0.29, 0.717) is 13.0 Å². The molecule has 23 heavy (non-hydrogen) atoms. The third-order valence-corrected chi connectivity index (χ3v) is 5.55. The summed E-state index contributed by atoms with van der Waals surface area (Å²) in [4.78, 5) is 14.4. The first-order chi connectivity index (χ1) is 10.4. The van der Waals surface area contributed by atoms with Gasteiger partial charge >= 0.3 is 5.97 Å². The van der Waals surface area contributed by atoms with Crippen molar-refractivity contribution in [2.45, 2.75) is 77.5 Å². The van der Waals surface area contributed by atoms with Crippen molar-refractivity contribution >= 4 is 16.1 Å². The number of unbranched alkanes of at least 4 members (excludes halogenated alkanes) is 1. The second kappa shape index (κ2) is 8.99. The Balaban J connectivity index is 4.83. The highest BCUT2D eigenvalue weighted by Crippen LogP contribution is 2.25. The monoisotopic (exact) mass is 351 g/mol. The Morgan fingerprint density at radius 1 is 1.09 bits per heavy atom. The van der Waals surface area contributed by atoms with Gasteiger partial charge in [0.1, 0.15) is 6.61 Å². The minimum Gasteiger partial charge on any atom is -0.463 e. The van der Waals surface area contributed by atoms with Crippen molar-refractivity contribution in [3.63, 3.8) is 0 Å². The number of ether oxygens (including phenoxy) is 1. The van der Waals surface area contributed by atoms with Gasteiger partial charge in [-0.25, -0.2) is 0 Å². The molecule has 0 aromatic rings. The molecule has 0 aromatic carbocycles. The molecule has 0 bridgehead atoms. The van der Waals surface area contributed by atoms with Crippen LogP contribution in [0.15, 0.2) is 0 Å². The Morgan fingerprint density at radius 2 is 1.65 bits per heavy atom. The Hall–Kier alpha value is -0.660. The zero-order valence-corrected chi connectivity index (χ0v) is 16.2. The van der Waals surface area contributed by atoms with Crippen molar-refractivity contribution in [3.05, 3.63) is 0 Å². The zero-order chi connectivity index (χ0) is 18.3. The third kappa shape index (κ3) is 6.77. The second-order valence-corrected chi connectivity index (χ2v) is 8.95. The summed E-state index contributed by atoms with van der Waals surface area (Å²) in [6, 6.07) is 0. The van der Waals surface area contributed by atoms with E-state index >= 15 is 0 Å². The number of carbonyl (C=O) groups is 1. The fourth-order valence-electron chi connectivity index (χ4n) is 2.30. The number of rotatable bonds is 10. The summed E-state index contributed by atoms with van der Waals surface area (Å²) in [5.41, 5.74) is -0.0585. The van der Waals surface area contributed by atoms with Gasteiger partial charge in [-0.05, 0) is 47.1 Å². The van der Waals surface area contributed by atoms with E-state index in [9.17, 15) is 17.8 Å². The molecule has 0 aromatic heterocycles. The van der Waals surface area contributed by atoms with Crippen LogP contribution in [0, 0.1) is 0 Å². The van der Waals surface area contributed by atoms with Crippen LogP contribution in [-0.2, 0) is 19.6 Å². The highest BCUT2D eigenvalue weighted by Gasteiger charge is 2.46. The summed E-state index contributed by atoms with van der Waals surface area (Å²) in [7, 11) is -4.51. The maximum Gasteiger partial charge on any atom is 0.329 e. The van der Waals surface area contributed by atoms with Crippen molar-refractivity contribution in [1.82, 2.24) is 4.90 Å². The van der Waals surface area contributed by atoms with Crippen LogP contribution in [0.1, 0.15) is 67.2 Å². The molecule has 0 fully saturated rings.